The molecule has 0 bridgehead atoms. The average Bonchev–Trinajstić information content (AvgIpc) is 2.42. The third-order valence-electron chi connectivity index (χ3n) is 2.37. The molecule has 100 valence electrons. The van der Waals surface area contributed by atoms with Crippen LogP contribution in [0.1, 0.15) is 13.3 Å². The van der Waals surface area contributed by atoms with Crippen molar-refractivity contribution in [2.45, 2.75) is 13.3 Å². The molecule has 0 amide bonds. The quantitative estimate of drug-likeness (QED) is 0.843. The zero-order valence-corrected chi connectivity index (χ0v) is 11.4. The van der Waals surface area contributed by atoms with Crippen LogP contribution in [0.25, 0.3) is 0 Å². The molecule has 19 heavy (non-hydrogen) atoms. The zero-order valence-electron chi connectivity index (χ0n) is 10.6. The Labute approximate surface area is 117 Å². The van der Waals surface area contributed by atoms with Crippen molar-refractivity contribution in [2.75, 3.05) is 12.3 Å². The van der Waals surface area contributed by atoms with Crippen molar-refractivity contribution in [1.29, 1.82) is 0 Å². The lowest BCUT2D eigenvalue weighted by Crippen LogP contribution is -1.99. The minimum Gasteiger partial charge on any atom is -0.490 e. The second-order valence-corrected chi connectivity index (χ2v) is 4.31. The maximum atomic E-state index is 5.83. The summed E-state index contributed by atoms with van der Waals surface area (Å²) in [6, 6.07) is 10.6. The molecule has 0 fully saturated rings. The SMILES string of the molecule is CCCOc1ccccc1Oc1nc(Cl)ccc1N. The Bertz CT molecular complexity index is 561. The van der Waals surface area contributed by atoms with Gasteiger partial charge in [-0.15, -0.1) is 0 Å². The van der Waals surface area contributed by atoms with E-state index in [1.54, 1.807) is 18.2 Å². The lowest BCUT2D eigenvalue weighted by Gasteiger charge is -2.12. The lowest BCUT2D eigenvalue weighted by molar-refractivity contribution is 0.301. The summed E-state index contributed by atoms with van der Waals surface area (Å²) >= 11 is 5.83. The van der Waals surface area contributed by atoms with Crippen molar-refractivity contribution < 1.29 is 9.47 Å². The van der Waals surface area contributed by atoms with Crippen LogP contribution in [0.4, 0.5) is 5.69 Å². The molecule has 0 aliphatic rings. The van der Waals surface area contributed by atoms with E-state index in [4.69, 9.17) is 26.8 Å². The number of nitrogens with zero attached hydrogens (tertiary/aromatic N) is 1. The third-order valence-corrected chi connectivity index (χ3v) is 2.58. The smallest absolute Gasteiger partial charge is 0.244 e. The van der Waals surface area contributed by atoms with Gasteiger partial charge in [0.2, 0.25) is 5.88 Å². The van der Waals surface area contributed by atoms with Crippen LogP contribution >= 0.6 is 11.6 Å². The Morgan fingerprint density at radius 2 is 1.89 bits per heavy atom. The van der Waals surface area contributed by atoms with Crippen LogP contribution in [0.15, 0.2) is 36.4 Å². The number of benzene rings is 1. The molecule has 0 aliphatic carbocycles. The van der Waals surface area contributed by atoms with E-state index in [-0.39, 0.29) is 5.88 Å². The number of anilines is 1. The van der Waals surface area contributed by atoms with Crippen molar-refractivity contribution in [3.8, 4) is 17.4 Å². The van der Waals surface area contributed by atoms with E-state index in [1.807, 2.05) is 25.1 Å². The van der Waals surface area contributed by atoms with E-state index in [2.05, 4.69) is 4.98 Å². The molecule has 0 saturated carbocycles. The summed E-state index contributed by atoms with van der Waals surface area (Å²) in [5.74, 6) is 1.50. The number of nitrogens with two attached hydrogens (primary N) is 1. The Morgan fingerprint density at radius 1 is 1.16 bits per heavy atom. The highest BCUT2D eigenvalue weighted by Gasteiger charge is 2.09. The van der Waals surface area contributed by atoms with E-state index in [0.29, 0.717) is 28.9 Å². The third kappa shape index (κ3) is 3.51. The maximum Gasteiger partial charge on any atom is 0.244 e. The number of hydrogen-bond donors (Lipinski definition) is 1. The Hall–Kier alpha value is -1.94. The summed E-state index contributed by atoms with van der Waals surface area (Å²) in [7, 11) is 0. The first-order valence-corrected chi connectivity index (χ1v) is 6.40. The molecule has 0 unspecified atom stereocenters. The van der Waals surface area contributed by atoms with Crippen LogP contribution in [0.3, 0.4) is 0 Å². The fourth-order valence-corrected chi connectivity index (χ4v) is 1.62. The van der Waals surface area contributed by atoms with Crippen molar-refractivity contribution in [3.63, 3.8) is 0 Å². The van der Waals surface area contributed by atoms with Gasteiger partial charge in [0.1, 0.15) is 5.15 Å². The number of pyridine rings is 1. The number of ether oxygens (including phenoxy) is 2. The van der Waals surface area contributed by atoms with Gasteiger partial charge in [0, 0.05) is 0 Å². The normalized spacial score (nSPS) is 10.2. The number of para-hydroxylation sites is 2. The monoisotopic (exact) mass is 278 g/mol. The van der Waals surface area contributed by atoms with Gasteiger partial charge in [-0.1, -0.05) is 30.7 Å². The van der Waals surface area contributed by atoms with Crippen LogP contribution in [-0.4, -0.2) is 11.6 Å². The Morgan fingerprint density at radius 3 is 2.63 bits per heavy atom. The molecule has 1 aromatic heterocycles. The first-order chi connectivity index (χ1) is 9.20. The molecule has 2 rings (SSSR count). The molecule has 0 radical (unpaired) electrons. The van der Waals surface area contributed by atoms with Crippen LogP contribution in [-0.2, 0) is 0 Å². The first-order valence-electron chi connectivity index (χ1n) is 6.02. The van der Waals surface area contributed by atoms with Gasteiger partial charge in [-0.25, -0.2) is 0 Å². The largest absolute Gasteiger partial charge is 0.490 e. The van der Waals surface area contributed by atoms with E-state index < -0.39 is 0 Å². The van der Waals surface area contributed by atoms with E-state index in [1.165, 1.54) is 0 Å². The van der Waals surface area contributed by atoms with Crippen LogP contribution in [0, 0.1) is 0 Å². The van der Waals surface area contributed by atoms with Crippen LogP contribution in [0.2, 0.25) is 5.15 Å². The summed E-state index contributed by atoms with van der Waals surface area (Å²) in [4.78, 5) is 4.05. The lowest BCUT2D eigenvalue weighted by atomic mass is 10.3. The van der Waals surface area contributed by atoms with Gasteiger partial charge >= 0.3 is 0 Å². The van der Waals surface area contributed by atoms with Crippen molar-refractivity contribution >= 4 is 17.3 Å². The fraction of sp³-hybridized carbons (Fsp3) is 0.214. The number of hydrogen-bond acceptors (Lipinski definition) is 4. The molecule has 0 spiro atoms. The topological polar surface area (TPSA) is 57.4 Å². The standard InChI is InChI=1S/C14H15ClN2O2/c1-2-9-18-11-5-3-4-6-12(11)19-14-10(16)7-8-13(15)17-14/h3-8H,2,9,16H2,1H3. The minimum absolute atomic E-state index is 0.278. The highest BCUT2D eigenvalue weighted by Crippen LogP contribution is 2.33. The second-order valence-electron chi connectivity index (χ2n) is 3.93. The molecule has 0 saturated heterocycles. The van der Waals surface area contributed by atoms with Crippen LogP contribution < -0.4 is 15.2 Å². The van der Waals surface area contributed by atoms with Gasteiger partial charge in [0.15, 0.2) is 11.5 Å². The van der Waals surface area contributed by atoms with Gasteiger partial charge in [-0.05, 0) is 30.7 Å². The van der Waals surface area contributed by atoms with Gasteiger partial charge in [-0.2, -0.15) is 4.98 Å². The molecule has 2 N–H and O–H groups in total. The molecular formula is C14H15ClN2O2. The van der Waals surface area contributed by atoms with E-state index >= 15 is 0 Å². The van der Waals surface area contributed by atoms with Crippen LogP contribution in [0.5, 0.6) is 17.4 Å². The minimum atomic E-state index is 0.278. The highest BCUT2D eigenvalue weighted by atomic mass is 35.5. The number of halogens is 1. The van der Waals surface area contributed by atoms with Gasteiger partial charge in [0.25, 0.3) is 0 Å². The molecule has 5 heteroatoms. The summed E-state index contributed by atoms with van der Waals surface area (Å²) in [5, 5.41) is 0.330. The summed E-state index contributed by atoms with van der Waals surface area (Å²) in [5.41, 5.74) is 6.23. The Kier molecular flexibility index (Phi) is 4.47. The molecule has 1 aromatic carbocycles. The number of aromatic nitrogens is 1. The van der Waals surface area contributed by atoms with Gasteiger partial charge < -0.3 is 15.2 Å². The first kappa shape index (κ1) is 13.5. The predicted molar refractivity (Wildman–Crippen MR) is 76.0 cm³/mol. The molecule has 0 aliphatic heterocycles. The fourth-order valence-electron chi connectivity index (χ4n) is 1.48. The summed E-state index contributed by atoms with van der Waals surface area (Å²) in [6.45, 7) is 2.67. The van der Waals surface area contributed by atoms with E-state index in [9.17, 15) is 0 Å². The molecular weight excluding hydrogens is 264 g/mol. The van der Waals surface area contributed by atoms with E-state index in [0.717, 1.165) is 6.42 Å². The van der Waals surface area contributed by atoms with Gasteiger partial charge in [-0.3, -0.25) is 0 Å². The molecule has 4 nitrogen and oxygen atoms in total. The maximum absolute atomic E-state index is 5.83. The van der Waals surface area contributed by atoms with Crippen molar-refractivity contribution in [2.24, 2.45) is 0 Å². The average molecular weight is 279 g/mol. The molecule has 1 heterocycles. The van der Waals surface area contributed by atoms with Crippen molar-refractivity contribution in [3.05, 3.63) is 41.6 Å². The molecule has 0 atom stereocenters. The number of nitrogen functional groups attached to an aromatic ring is 1. The predicted octanol–water partition coefficient (Wildman–Crippen LogP) is 3.90. The summed E-state index contributed by atoms with van der Waals surface area (Å²) in [6.07, 6.45) is 0.923. The summed E-state index contributed by atoms with van der Waals surface area (Å²) < 4.78 is 11.3. The second kappa shape index (κ2) is 6.29. The zero-order chi connectivity index (χ0) is 13.7. The molecule has 2 aromatic rings. The highest BCUT2D eigenvalue weighted by molar-refractivity contribution is 6.29. The van der Waals surface area contributed by atoms with Crippen molar-refractivity contribution in [1.82, 2.24) is 4.98 Å². The number of rotatable bonds is 5. The van der Waals surface area contributed by atoms with Gasteiger partial charge in [0.05, 0.1) is 12.3 Å². The Balaban J connectivity index is 2.25.